The van der Waals surface area contributed by atoms with Crippen molar-refractivity contribution < 1.29 is 71.7 Å². The zero-order valence-electron chi connectivity index (χ0n) is 36.0. The molecule has 3 aromatic carbocycles. The lowest BCUT2D eigenvalue weighted by Gasteiger charge is -2.62. The summed E-state index contributed by atoms with van der Waals surface area (Å²) in [7, 11) is 4.81. The second kappa shape index (κ2) is 16.5. The van der Waals surface area contributed by atoms with Gasteiger partial charge in [0.05, 0.1) is 50.1 Å². The summed E-state index contributed by atoms with van der Waals surface area (Å²) < 4.78 is 57.8. The SMILES string of the molecule is C=COC(=O)Oc1cc2c(cc1OC)[C@@]1(CS[C@@H]3c4c(OC(C)=O)c(C)c5c(c4[C@@H](COC1=O)N1C3[C@H]3c4c(cc(C)c(OC)c4OC(=O)OC=C)C[C@@H]([C@@H]1O)N3C)OCO5)NCC2. The van der Waals surface area contributed by atoms with Crippen LogP contribution in [-0.4, -0.2) is 104 Å². The van der Waals surface area contributed by atoms with E-state index in [1.54, 1.807) is 19.1 Å². The van der Waals surface area contributed by atoms with Crippen molar-refractivity contribution in [3.63, 3.8) is 0 Å². The number of nitrogens with one attached hydrogen (secondary N) is 1. The number of aryl methyl sites for hydroxylation is 1. The molecule has 0 aromatic heterocycles. The van der Waals surface area contributed by atoms with Gasteiger partial charge in [0.25, 0.3) is 0 Å². The van der Waals surface area contributed by atoms with E-state index in [9.17, 15) is 19.5 Å². The topological polar surface area (TPSA) is 199 Å². The smallest absolute Gasteiger partial charge is 0.493 e. The largest absolute Gasteiger partial charge is 0.518 e. The molecule has 3 aromatic rings. The van der Waals surface area contributed by atoms with Gasteiger partial charge < -0.3 is 52.5 Å². The zero-order chi connectivity index (χ0) is 45.4. The highest BCUT2D eigenvalue weighted by Gasteiger charge is 2.61. The van der Waals surface area contributed by atoms with Gasteiger partial charge in [-0.15, -0.1) is 11.8 Å². The van der Waals surface area contributed by atoms with Crippen LogP contribution in [0.15, 0.2) is 43.9 Å². The van der Waals surface area contributed by atoms with Gasteiger partial charge >= 0.3 is 24.2 Å². The maximum atomic E-state index is 15.0. The molecule has 0 radical (unpaired) electrons. The van der Waals surface area contributed by atoms with Crippen LogP contribution in [0.5, 0.6) is 40.2 Å². The zero-order valence-corrected chi connectivity index (χ0v) is 36.8. The van der Waals surface area contributed by atoms with Crippen molar-refractivity contribution in [2.45, 2.75) is 74.8 Å². The highest BCUT2D eigenvalue weighted by molar-refractivity contribution is 7.99. The Kier molecular flexibility index (Phi) is 11.2. The fourth-order valence-corrected chi connectivity index (χ4v) is 12.2. The summed E-state index contributed by atoms with van der Waals surface area (Å²) in [4.78, 5) is 57.7. The maximum absolute atomic E-state index is 15.0. The number of esters is 2. The first-order valence-electron chi connectivity index (χ1n) is 20.5. The van der Waals surface area contributed by atoms with Crippen LogP contribution in [0.1, 0.15) is 68.8 Å². The van der Waals surface area contributed by atoms with E-state index < -0.39 is 65.4 Å². The van der Waals surface area contributed by atoms with E-state index >= 15 is 4.79 Å². The van der Waals surface area contributed by atoms with E-state index in [4.69, 9.17) is 47.4 Å². The monoisotopic (exact) mass is 901 g/mol. The lowest BCUT2D eigenvalue weighted by atomic mass is 9.73. The molecule has 7 aliphatic rings. The number of nitrogens with zero attached hydrogens (tertiary/aromatic N) is 2. The lowest BCUT2D eigenvalue weighted by molar-refractivity contribution is -0.186. The second-order valence-electron chi connectivity index (χ2n) is 16.2. The summed E-state index contributed by atoms with van der Waals surface area (Å²) >= 11 is 1.39. The van der Waals surface area contributed by atoms with Crippen molar-refractivity contribution in [2.75, 3.05) is 47.0 Å². The highest BCUT2D eigenvalue weighted by Crippen LogP contribution is 2.64. The summed E-state index contributed by atoms with van der Waals surface area (Å²) in [6, 6.07) is 2.51. The van der Waals surface area contributed by atoms with Gasteiger partial charge in [0, 0.05) is 47.5 Å². The molecular weight excluding hydrogens is 855 g/mol. The number of fused-ring (bicyclic) bond motifs is 9. The first kappa shape index (κ1) is 43.3. The third-order valence-corrected chi connectivity index (χ3v) is 14.4. The molecule has 1 spiro atoms. The van der Waals surface area contributed by atoms with E-state index in [1.807, 2.05) is 24.9 Å². The molecule has 7 atom stereocenters. The molecule has 7 aliphatic heterocycles. The Labute approximate surface area is 372 Å². The quantitative estimate of drug-likeness (QED) is 0.101. The fourth-order valence-electron chi connectivity index (χ4n) is 10.5. The van der Waals surface area contributed by atoms with E-state index in [1.165, 1.54) is 32.9 Å². The number of aliphatic hydroxyl groups excluding tert-OH is 1. The second-order valence-corrected chi connectivity index (χ2v) is 17.3. The predicted molar refractivity (Wildman–Crippen MR) is 226 cm³/mol. The highest BCUT2D eigenvalue weighted by atomic mass is 32.2. The van der Waals surface area contributed by atoms with Crippen molar-refractivity contribution >= 4 is 36.0 Å². The number of ether oxygens (including phenoxy) is 10. The van der Waals surface area contributed by atoms with Crippen LogP contribution in [0.25, 0.3) is 0 Å². The first-order valence-corrected chi connectivity index (χ1v) is 21.6. The van der Waals surface area contributed by atoms with Gasteiger partial charge in [0.2, 0.25) is 6.79 Å². The summed E-state index contributed by atoms with van der Waals surface area (Å²) in [5.74, 6) is 0.569. The number of benzene rings is 3. The number of rotatable bonds is 7. The van der Waals surface area contributed by atoms with E-state index in [-0.39, 0.29) is 42.2 Å². The van der Waals surface area contributed by atoms with Gasteiger partial charge in [-0.1, -0.05) is 19.2 Å². The molecule has 64 heavy (non-hydrogen) atoms. The van der Waals surface area contributed by atoms with Crippen LogP contribution < -0.4 is 38.5 Å². The molecule has 2 N–H and O–H groups in total. The van der Waals surface area contributed by atoms with Gasteiger partial charge in [-0.05, 0) is 68.1 Å². The van der Waals surface area contributed by atoms with Crippen LogP contribution in [0.3, 0.4) is 0 Å². The van der Waals surface area contributed by atoms with Crippen LogP contribution >= 0.6 is 11.8 Å². The molecule has 10 rings (SSSR count). The third-order valence-electron chi connectivity index (χ3n) is 13.0. The van der Waals surface area contributed by atoms with E-state index in [0.29, 0.717) is 75.6 Å². The minimum atomic E-state index is -1.50. The Morgan fingerprint density at radius 1 is 0.906 bits per heavy atom. The third kappa shape index (κ3) is 6.62. The normalized spacial score (nSPS) is 26.2. The molecule has 1 unspecified atom stereocenters. The van der Waals surface area contributed by atoms with Gasteiger partial charge in [-0.2, -0.15) is 0 Å². The molecule has 0 amide bonds. The van der Waals surface area contributed by atoms with Crippen molar-refractivity contribution in [2.24, 2.45) is 0 Å². The number of methoxy groups -OCH3 is 2. The van der Waals surface area contributed by atoms with Crippen LogP contribution in [0, 0.1) is 13.8 Å². The van der Waals surface area contributed by atoms with Crippen LogP contribution in [0.4, 0.5) is 9.59 Å². The number of likely N-dealkylation sites (N-methyl/N-ethyl adjacent to an activating group) is 1. The molecule has 2 fully saturated rings. The van der Waals surface area contributed by atoms with Crippen molar-refractivity contribution in [3.05, 3.63) is 88.4 Å². The summed E-state index contributed by atoms with van der Waals surface area (Å²) in [5.41, 5.74) is 3.53. The average molecular weight is 902 g/mol. The number of carbonyl (C=O) groups excluding carboxylic acids is 4. The van der Waals surface area contributed by atoms with Crippen LogP contribution in [-0.2, 0) is 42.2 Å². The van der Waals surface area contributed by atoms with Gasteiger partial charge in [0.1, 0.15) is 18.6 Å². The number of hydrogen-bond acceptors (Lipinski definition) is 19. The van der Waals surface area contributed by atoms with Crippen molar-refractivity contribution in [3.8, 4) is 40.2 Å². The Morgan fingerprint density at radius 3 is 2.34 bits per heavy atom. The molecule has 2 saturated heterocycles. The Bertz CT molecular complexity index is 2510. The lowest BCUT2D eigenvalue weighted by Crippen LogP contribution is -2.70. The fraction of sp³-hybridized carbons (Fsp3) is 0.422. The van der Waals surface area contributed by atoms with E-state index in [2.05, 4.69) is 23.4 Å². The molecular formula is C45H47N3O15S. The Morgan fingerprint density at radius 2 is 1.64 bits per heavy atom. The molecule has 338 valence electrons. The van der Waals surface area contributed by atoms with Gasteiger partial charge in [0.15, 0.2) is 40.0 Å². The standard InChI is InChI=1S/C45H47N3O15S/c1-9-56-43(52)62-29-15-23-11-12-46-45(25(23)16-28(29)54-7)18-64-40-32-31(38-37(59-19-60-38)21(4)36(32)61-22(5)49)27(17-58-42(45)51)48-34(40)33-30-24(14-26(41(48)50)47(33)6)13-20(3)35(55-8)39(30)63-44(53)57-10-2/h9-10,13,15-16,26-27,33-34,40-41,46,50H,1-2,11-12,14,17-19H2,3-8H3/t26-,27+,33+,34?,40+,41-,45+/m0/s1. The van der Waals surface area contributed by atoms with Gasteiger partial charge in [-0.25, -0.2) is 14.4 Å². The van der Waals surface area contributed by atoms with Crippen molar-refractivity contribution in [1.82, 2.24) is 15.1 Å². The molecule has 0 aliphatic carbocycles. The molecule has 19 heteroatoms. The maximum Gasteiger partial charge on any atom is 0.518 e. The summed E-state index contributed by atoms with van der Waals surface area (Å²) in [6.45, 7) is 11.8. The van der Waals surface area contributed by atoms with Crippen LogP contribution in [0.2, 0.25) is 0 Å². The Balaban J connectivity index is 1.29. The van der Waals surface area contributed by atoms with Crippen molar-refractivity contribution in [1.29, 1.82) is 0 Å². The molecule has 0 saturated carbocycles. The summed E-state index contributed by atoms with van der Waals surface area (Å²) in [6.07, 6.45) is -0.473. The predicted octanol–water partition coefficient (Wildman–Crippen LogP) is 5.32. The molecule has 18 nitrogen and oxygen atoms in total. The number of carbonyl (C=O) groups is 4. The number of piperazine rings is 1. The molecule has 7 heterocycles. The van der Waals surface area contributed by atoms with Gasteiger partial charge in [-0.3, -0.25) is 19.9 Å². The summed E-state index contributed by atoms with van der Waals surface area (Å²) in [5, 5.41) is 15.6. The first-order chi connectivity index (χ1) is 30.8. The van der Waals surface area contributed by atoms with E-state index in [0.717, 1.165) is 18.1 Å². The average Bonchev–Trinajstić information content (AvgIpc) is 3.75. The number of thioether (sulfide) groups is 1. The minimum Gasteiger partial charge on any atom is -0.493 e. The molecule has 4 bridgehead atoms. The Hall–Kier alpha value is -5.99. The number of aliphatic hydroxyl groups is 1. The minimum absolute atomic E-state index is 0.0296. The number of hydrogen-bond donors (Lipinski definition) is 2.